The third-order valence-electron chi connectivity index (χ3n) is 3.86. The van der Waals surface area contributed by atoms with Crippen molar-refractivity contribution in [3.8, 4) is 0 Å². The summed E-state index contributed by atoms with van der Waals surface area (Å²) < 4.78 is 0. The van der Waals surface area contributed by atoms with Crippen molar-refractivity contribution in [1.29, 1.82) is 0 Å². The van der Waals surface area contributed by atoms with Gasteiger partial charge in [0.05, 0.1) is 18.8 Å². The van der Waals surface area contributed by atoms with E-state index >= 15 is 0 Å². The van der Waals surface area contributed by atoms with Crippen molar-refractivity contribution < 1.29 is 15.0 Å². The molecule has 3 N–H and O–H groups in total. The fraction of sp³-hybridized carbons (Fsp3) is 0.533. The molecule has 1 fully saturated rings. The normalized spacial score (nSPS) is 15.9. The molecular weight excluding hydrogens is 242 g/mol. The maximum atomic E-state index is 12.0. The molecule has 0 spiro atoms. The zero-order valence-electron chi connectivity index (χ0n) is 11.2. The lowest BCUT2D eigenvalue weighted by Crippen LogP contribution is -2.51. The number of carbonyl (C=O) groups excluding carboxylic acids is 1. The smallest absolute Gasteiger partial charge is 0.251 e. The van der Waals surface area contributed by atoms with Gasteiger partial charge in [-0.3, -0.25) is 4.79 Å². The third kappa shape index (κ3) is 3.14. The Bertz CT molecular complexity index is 433. The number of hydrogen-bond donors (Lipinski definition) is 3. The van der Waals surface area contributed by atoms with Crippen molar-refractivity contribution in [2.75, 3.05) is 13.2 Å². The lowest BCUT2D eigenvalue weighted by atomic mass is 9.80. The first kappa shape index (κ1) is 14.0. The molecule has 4 nitrogen and oxygen atoms in total. The van der Waals surface area contributed by atoms with Crippen LogP contribution >= 0.6 is 0 Å². The van der Waals surface area contributed by atoms with Crippen LogP contribution in [0.4, 0.5) is 0 Å². The second-order valence-electron chi connectivity index (χ2n) is 5.58. The molecule has 4 heteroatoms. The van der Waals surface area contributed by atoms with Crippen LogP contribution in [0.25, 0.3) is 0 Å². The molecule has 0 aromatic heterocycles. The van der Waals surface area contributed by atoms with Crippen LogP contribution in [0.2, 0.25) is 0 Å². The second-order valence-corrected chi connectivity index (χ2v) is 5.58. The molecule has 0 saturated heterocycles. The molecule has 1 saturated carbocycles. The van der Waals surface area contributed by atoms with Crippen LogP contribution in [0.1, 0.15) is 48.0 Å². The van der Waals surface area contributed by atoms with Crippen LogP contribution in [-0.2, 0) is 0 Å². The van der Waals surface area contributed by atoms with E-state index in [0.29, 0.717) is 11.5 Å². The van der Waals surface area contributed by atoms with Gasteiger partial charge >= 0.3 is 0 Å². The first-order chi connectivity index (χ1) is 9.08. The molecule has 1 amide bonds. The topological polar surface area (TPSA) is 69.6 Å². The summed E-state index contributed by atoms with van der Waals surface area (Å²) >= 11 is 0. The summed E-state index contributed by atoms with van der Waals surface area (Å²) in [7, 11) is 0. The van der Waals surface area contributed by atoms with Crippen molar-refractivity contribution in [2.24, 2.45) is 0 Å². The molecule has 0 unspecified atom stereocenters. The Morgan fingerprint density at radius 3 is 2.26 bits per heavy atom. The summed E-state index contributed by atoms with van der Waals surface area (Å²) in [5.41, 5.74) is 0.857. The number of benzene rings is 1. The Morgan fingerprint density at radius 1 is 1.26 bits per heavy atom. The number of rotatable bonds is 5. The number of aliphatic hydroxyl groups is 2. The van der Waals surface area contributed by atoms with Gasteiger partial charge in [0.15, 0.2) is 0 Å². The predicted octanol–water partition coefficient (Wildman–Crippen LogP) is 1.43. The van der Waals surface area contributed by atoms with Crippen molar-refractivity contribution in [3.05, 3.63) is 35.4 Å². The second kappa shape index (κ2) is 5.72. The van der Waals surface area contributed by atoms with Crippen LogP contribution < -0.4 is 5.32 Å². The third-order valence-corrected chi connectivity index (χ3v) is 3.86. The zero-order valence-corrected chi connectivity index (χ0v) is 11.2. The molecule has 0 atom stereocenters. The Morgan fingerprint density at radius 2 is 1.84 bits per heavy atom. The van der Waals surface area contributed by atoms with Gasteiger partial charge in [-0.2, -0.15) is 0 Å². The fourth-order valence-electron chi connectivity index (χ4n) is 2.12. The lowest BCUT2D eigenvalue weighted by Gasteiger charge is -2.27. The van der Waals surface area contributed by atoms with Gasteiger partial charge in [-0.15, -0.1) is 0 Å². The zero-order chi connectivity index (χ0) is 13.9. The monoisotopic (exact) mass is 263 g/mol. The fourth-order valence-corrected chi connectivity index (χ4v) is 2.12. The maximum absolute atomic E-state index is 12.0. The van der Waals surface area contributed by atoms with Gasteiger partial charge < -0.3 is 15.5 Å². The first-order valence-electron chi connectivity index (χ1n) is 6.72. The number of carbonyl (C=O) groups is 1. The van der Waals surface area contributed by atoms with Gasteiger partial charge in [0.25, 0.3) is 5.91 Å². The Labute approximate surface area is 113 Å². The van der Waals surface area contributed by atoms with E-state index in [1.165, 1.54) is 24.8 Å². The van der Waals surface area contributed by atoms with E-state index in [1.54, 1.807) is 19.1 Å². The van der Waals surface area contributed by atoms with Gasteiger partial charge in [0, 0.05) is 5.56 Å². The number of hydrogen-bond acceptors (Lipinski definition) is 3. The van der Waals surface area contributed by atoms with Crippen LogP contribution in [0.15, 0.2) is 24.3 Å². The molecule has 19 heavy (non-hydrogen) atoms. The SMILES string of the molecule is CC(CO)(CO)NC(=O)c1ccc(C2CCC2)cc1. The molecule has 104 valence electrons. The average molecular weight is 263 g/mol. The Balaban J connectivity index is 2.03. The minimum Gasteiger partial charge on any atom is -0.394 e. The summed E-state index contributed by atoms with van der Waals surface area (Å²) in [6, 6.07) is 7.60. The van der Waals surface area contributed by atoms with Crippen LogP contribution in [0.5, 0.6) is 0 Å². The molecule has 1 aromatic carbocycles. The number of nitrogens with one attached hydrogen (secondary N) is 1. The van der Waals surface area contributed by atoms with E-state index in [0.717, 1.165) is 0 Å². The summed E-state index contributed by atoms with van der Waals surface area (Å²) in [4.78, 5) is 12.0. The quantitative estimate of drug-likeness (QED) is 0.752. The van der Waals surface area contributed by atoms with E-state index in [1.807, 2.05) is 12.1 Å². The van der Waals surface area contributed by atoms with E-state index in [-0.39, 0.29) is 19.1 Å². The van der Waals surface area contributed by atoms with E-state index in [9.17, 15) is 4.79 Å². The highest BCUT2D eigenvalue weighted by atomic mass is 16.3. The molecule has 0 heterocycles. The number of aliphatic hydroxyl groups excluding tert-OH is 2. The van der Waals surface area contributed by atoms with Crippen molar-refractivity contribution in [3.63, 3.8) is 0 Å². The van der Waals surface area contributed by atoms with Crippen molar-refractivity contribution in [1.82, 2.24) is 5.32 Å². The van der Waals surface area contributed by atoms with E-state index in [4.69, 9.17) is 10.2 Å². The summed E-state index contributed by atoms with van der Waals surface area (Å²) in [6.07, 6.45) is 3.76. The standard InChI is InChI=1S/C15H21NO3/c1-15(9-17,10-18)16-14(19)13-7-5-12(6-8-13)11-3-2-4-11/h5-8,11,17-18H,2-4,9-10H2,1H3,(H,16,19). The molecule has 2 rings (SSSR count). The van der Waals surface area contributed by atoms with Gasteiger partial charge in [0.1, 0.15) is 0 Å². The molecule has 1 aliphatic rings. The summed E-state index contributed by atoms with van der Waals surface area (Å²) in [6.45, 7) is 1.01. The van der Waals surface area contributed by atoms with Crippen LogP contribution in [0.3, 0.4) is 0 Å². The van der Waals surface area contributed by atoms with E-state index < -0.39 is 5.54 Å². The Kier molecular flexibility index (Phi) is 4.22. The highest BCUT2D eigenvalue weighted by molar-refractivity contribution is 5.94. The number of amides is 1. The first-order valence-corrected chi connectivity index (χ1v) is 6.72. The van der Waals surface area contributed by atoms with Crippen molar-refractivity contribution in [2.45, 2.75) is 37.6 Å². The molecular formula is C15H21NO3. The lowest BCUT2D eigenvalue weighted by molar-refractivity contribution is 0.0724. The molecule has 1 aliphatic carbocycles. The summed E-state index contributed by atoms with van der Waals surface area (Å²) in [5.74, 6) is 0.378. The molecule has 0 bridgehead atoms. The maximum Gasteiger partial charge on any atom is 0.251 e. The highest BCUT2D eigenvalue weighted by Crippen LogP contribution is 2.36. The summed E-state index contributed by atoms with van der Waals surface area (Å²) in [5, 5.41) is 21.0. The van der Waals surface area contributed by atoms with Gasteiger partial charge in [-0.1, -0.05) is 18.6 Å². The van der Waals surface area contributed by atoms with Gasteiger partial charge in [0.2, 0.25) is 0 Å². The van der Waals surface area contributed by atoms with Gasteiger partial charge in [-0.25, -0.2) is 0 Å². The minimum absolute atomic E-state index is 0.272. The molecule has 1 aromatic rings. The van der Waals surface area contributed by atoms with E-state index in [2.05, 4.69) is 5.32 Å². The predicted molar refractivity (Wildman–Crippen MR) is 73.1 cm³/mol. The van der Waals surface area contributed by atoms with Crippen LogP contribution in [-0.4, -0.2) is 34.9 Å². The molecule has 0 aliphatic heterocycles. The molecule has 0 radical (unpaired) electrons. The van der Waals surface area contributed by atoms with Gasteiger partial charge in [-0.05, 0) is 43.4 Å². The Hall–Kier alpha value is -1.39. The average Bonchev–Trinajstić information content (AvgIpc) is 2.37. The van der Waals surface area contributed by atoms with Crippen LogP contribution in [0, 0.1) is 0 Å². The minimum atomic E-state index is -0.982. The highest BCUT2D eigenvalue weighted by Gasteiger charge is 2.25. The largest absolute Gasteiger partial charge is 0.394 e. The van der Waals surface area contributed by atoms with Crippen molar-refractivity contribution >= 4 is 5.91 Å².